The van der Waals surface area contributed by atoms with Gasteiger partial charge in [-0.25, -0.2) is 12.1 Å². The normalized spacial score (nSPS) is 13.7. The fourth-order valence-electron chi connectivity index (χ4n) is 5.52. The Kier molecular flexibility index (Phi) is 11.5. The molecular weight excluding hydrogens is 730 g/mol. The van der Waals surface area contributed by atoms with E-state index in [0.717, 1.165) is 0 Å². The standard InChI is InChI=1S/C21H25.C14H18.C5H5.2ClH.Hf/c1-20(2,3)16-7-9-18-14(12-16)11-15-13-17(21(4,5)6)8-10-19(15)18;1-11(2)14-8-6-13(7-9-14)10-12-4-3-5-12;1-2-4-5-3-1;;;/h7-13H,1-6H3;6-9,11-12H,3-5H2,1-2H3;1-5H;2*1H;/q-1;;-1;;;+2/p-2. The molecule has 0 atom stereocenters. The molecule has 0 aromatic heterocycles. The fourth-order valence-corrected chi connectivity index (χ4v) is 13.4. The van der Waals surface area contributed by atoms with Crippen molar-refractivity contribution in [3.63, 3.8) is 0 Å². The molecule has 1 fully saturated rings. The zero-order valence-corrected chi connectivity index (χ0v) is 32.4. The molecule has 5 aromatic rings. The number of benzene rings is 3. The van der Waals surface area contributed by atoms with Crippen molar-refractivity contribution in [2.45, 2.75) is 91.4 Å². The predicted octanol–water partition coefficient (Wildman–Crippen LogP) is 12.8. The van der Waals surface area contributed by atoms with Crippen molar-refractivity contribution >= 4 is 42.0 Å². The molecule has 6 rings (SSSR count). The second kappa shape index (κ2) is 14.5. The van der Waals surface area contributed by atoms with Crippen molar-refractivity contribution in [1.82, 2.24) is 0 Å². The van der Waals surface area contributed by atoms with E-state index in [4.69, 9.17) is 17.2 Å². The summed E-state index contributed by atoms with van der Waals surface area (Å²) >= 11 is -2.43. The molecular formula is C40H48Cl2Hf-2. The molecule has 43 heavy (non-hydrogen) atoms. The fraction of sp³-hybridized carbons (Fsp3) is 0.375. The van der Waals surface area contributed by atoms with E-state index in [1.54, 1.807) is 0 Å². The molecule has 0 aliphatic heterocycles. The van der Waals surface area contributed by atoms with Gasteiger partial charge in [0, 0.05) is 0 Å². The summed E-state index contributed by atoms with van der Waals surface area (Å²) in [6, 6.07) is 35.1. The van der Waals surface area contributed by atoms with Crippen molar-refractivity contribution < 1.29 is 18.6 Å². The van der Waals surface area contributed by atoms with E-state index in [2.05, 4.69) is 122 Å². The molecule has 0 saturated heterocycles. The minimum atomic E-state index is -2.43. The van der Waals surface area contributed by atoms with Gasteiger partial charge in [-0.3, -0.25) is 0 Å². The van der Waals surface area contributed by atoms with Crippen LogP contribution in [0.1, 0.15) is 103 Å². The maximum absolute atomic E-state index is 6.33. The first-order chi connectivity index (χ1) is 20.3. The van der Waals surface area contributed by atoms with Crippen LogP contribution >= 0.6 is 17.2 Å². The average molecular weight is 778 g/mol. The van der Waals surface area contributed by atoms with Crippen LogP contribution in [0.4, 0.5) is 0 Å². The van der Waals surface area contributed by atoms with E-state index in [1.807, 2.05) is 30.3 Å². The average Bonchev–Trinajstić information content (AvgIpc) is 3.61. The summed E-state index contributed by atoms with van der Waals surface area (Å²) in [7, 11) is 12.7. The zero-order chi connectivity index (χ0) is 31.4. The van der Waals surface area contributed by atoms with E-state index in [1.165, 1.54) is 66.3 Å². The first-order valence-corrected chi connectivity index (χ1v) is 26.4. The Bertz CT molecular complexity index is 1540. The molecule has 0 amide bonds. The number of hydrogen-bond donors (Lipinski definition) is 0. The van der Waals surface area contributed by atoms with Crippen LogP contribution in [0, 0.1) is 5.92 Å². The largest absolute Gasteiger partial charge is 0.214 e. The summed E-state index contributed by atoms with van der Waals surface area (Å²) in [5.41, 5.74) is 5.91. The van der Waals surface area contributed by atoms with E-state index < -0.39 is 18.6 Å². The zero-order valence-electron chi connectivity index (χ0n) is 27.3. The summed E-state index contributed by atoms with van der Waals surface area (Å²) in [6.45, 7) is 18.1. The van der Waals surface area contributed by atoms with Crippen LogP contribution in [-0.4, -0.2) is 3.26 Å². The maximum atomic E-state index is 6.33. The third-order valence-electron chi connectivity index (χ3n) is 8.60. The van der Waals surface area contributed by atoms with Gasteiger partial charge in [0.25, 0.3) is 0 Å². The third-order valence-corrected chi connectivity index (χ3v) is 15.9. The van der Waals surface area contributed by atoms with Crippen LogP contribution in [0.5, 0.6) is 0 Å². The van der Waals surface area contributed by atoms with Crippen molar-refractivity contribution in [3.05, 3.63) is 119 Å². The summed E-state index contributed by atoms with van der Waals surface area (Å²) in [6.07, 6.45) is 3.91. The van der Waals surface area contributed by atoms with Gasteiger partial charge in [-0.15, -0.1) is 39.7 Å². The van der Waals surface area contributed by atoms with Crippen LogP contribution in [0.25, 0.3) is 21.5 Å². The third kappa shape index (κ3) is 8.90. The molecule has 0 nitrogen and oxygen atoms in total. The molecule has 1 saturated carbocycles. The van der Waals surface area contributed by atoms with Crippen LogP contribution in [-0.2, 0) is 29.4 Å². The molecule has 228 valence electrons. The predicted molar refractivity (Wildman–Crippen MR) is 190 cm³/mol. The topological polar surface area (TPSA) is 0 Å². The van der Waals surface area contributed by atoms with Gasteiger partial charge in [-0.2, -0.15) is 18.2 Å². The number of fused-ring (bicyclic) bond motifs is 3. The van der Waals surface area contributed by atoms with Gasteiger partial charge in [-0.1, -0.05) is 76.9 Å². The molecule has 0 N–H and O–H groups in total. The van der Waals surface area contributed by atoms with Gasteiger partial charge >= 0.3 is 119 Å². The Hall–Kier alpha value is -1.80. The van der Waals surface area contributed by atoms with Crippen molar-refractivity contribution in [1.29, 1.82) is 0 Å². The minimum absolute atomic E-state index is 0.203. The van der Waals surface area contributed by atoms with Gasteiger partial charge < -0.3 is 0 Å². The van der Waals surface area contributed by atoms with Crippen molar-refractivity contribution in [2.24, 2.45) is 5.92 Å². The SMILES string of the molecule is CC(C)(C)c1ccc2c(c1)[cH-]c1cc(C(C)(C)C)ccc12.CC(C)c1ccc([C](C2CCC2)=[Hf]([Cl])[Cl])cc1.c1cc[cH-]c1. The Morgan fingerprint density at radius 3 is 1.56 bits per heavy atom. The molecule has 0 heterocycles. The number of rotatable bonds is 3. The number of halogens is 2. The van der Waals surface area contributed by atoms with Gasteiger partial charge in [0.2, 0.25) is 0 Å². The van der Waals surface area contributed by atoms with E-state index in [9.17, 15) is 0 Å². The van der Waals surface area contributed by atoms with E-state index >= 15 is 0 Å². The first-order valence-electron chi connectivity index (χ1n) is 15.7. The quantitative estimate of drug-likeness (QED) is 0.126. The smallest absolute Gasteiger partial charge is 0.172 e. The molecule has 0 radical (unpaired) electrons. The molecule has 3 heteroatoms. The van der Waals surface area contributed by atoms with Gasteiger partial charge in [0.1, 0.15) is 0 Å². The molecule has 5 aromatic carbocycles. The monoisotopic (exact) mass is 778 g/mol. The summed E-state index contributed by atoms with van der Waals surface area (Å²) < 4.78 is 1.43. The van der Waals surface area contributed by atoms with Crippen LogP contribution in [0.15, 0.2) is 97.1 Å². The molecule has 0 bridgehead atoms. The van der Waals surface area contributed by atoms with Crippen LogP contribution < -0.4 is 0 Å². The molecule has 0 unspecified atom stereocenters. The Morgan fingerprint density at radius 1 is 0.744 bits per heavy atom. The van der Waals surface area contributed by atoms with E-state index in [-0.39, 0.29) is 10.8 Å². The van der Waals surface area contributed by atoms with Crippen LogP contribution in [0.2, 0.25) is 0 Å². The summed E-state index contributed by atoms with van der Waals surface area (Å²) in [5, 5.41) is 5.48. The Labute approximate surface area is 275 Å². The Balaban J connectivity index is 0.000000172. The maximum Gasteiger partial charge on any atom is -0.172 e. The van der Waals surface area contributed by atoms with Crippen LogP contribution in [0.3, 0.4) is 0 Å². The van der Waals surface area contributed by atoms with Gasteiger partial charge in [0.05, 0.1) is 0 Å². The molecule has 1 aliphatic rings. The second-order valence-corrected chi connectivity index (χ2v) is 25.9. The van der Waals surface area contributed by atoms with Gasteiger partial charge in [0.15, 0.2) is 0 Å². The number of hydrogen-bond acceptors (Lipinski definition) is 0. The molecule has 0 spiro atoms. The second-order valence-electron chi connectivity index (χ2n) is 14.3. The van der Waals surface area contributed by atoms with Gasteiger partial charge in [-0.05, 0) is 10.8 Å². The van der Waals surface area contributed by atoms with Crippen molar-refractivity contribution in [3.8, 4) is 0 Å². The Morgan fingerprint density at radius 2 is 1.23 bits per heavy atom. The minimum Gasteiger partial charge on any atom is -0.214 e. The van der Waals surface area contributed by atoms with E-state index in [0.29, 0.717) is 11.8 Å². The summed E-state index contributed by atoms with van der Waals surface area (Å²) in [5.74, 6) is 1.28. The van der Waals surface area contributed by atoms with Crippen molar-refractivity contribution in [2.75, 3.05) is 0 Å². The summed E-state index contributed by atoms with van der Waals surface area (Å²) in [4.78, 5) is 0. The first kappa shape index (κ1) is 34.1. The molecule has 1 aliphatic carbocycles.